The number of aromatic hydroxyl groups is 1. The number of rotatable bonds is 8. The highest BCUT2D eigenvalue weighted by Crippen LogP contribution is 2.23. The molecule has 1 aromatic carbocycles. The Morgan fingerprint density at radius 2 is 2.12 bits per heavy atom. The average molecular weight is 459 g/mol. The molecule has 138 valence electrons. The second-order valence-corrected chi connectivity index (χ2v) is 5.29. The van der Waals surface area contributed by atoms with E-state index in [9.17, 15) is 5.11 Å². The first-order valence-corrected chi connectivity index (χ1v) is 8.00. The molecule has 1 aromatic heterocycles. The highest BCUT2D eigenvalue weighted by molar-refractivity contribution is 14.0. The van der Waals surface area contributed by atoms with Crippen LogP contribution in [0.15, 0.2) is 41.7 Å². The van der Waals surface area contributed by atoms with Crippen LogP contribution in [0, 0.1) is 0 Å². The molecule has 0 amide bonds. The Bertz CT molecular complexity index is 646. The fourth-order valence-electron chi connectivity index (χ4n) is 2.30. The van der Waals surface area contributed by atoms with Crippen LogP contribution in [0.1, 0.15) is 12.0 Å². The summed E-state index contributed by atoms with van der Waals surface area (Å²) in [5, 5.41) is 20.6. The largest absolute Gasteiger partial charge is 0.508 e. The maximum atomic E-state index is 9.95. The van der Waals surface area contributed by atoms with Crippen molar-refractivity contribution in [2.75, 3.05) is 27.2 Å². The van der Waals surface area contributed by atoms with Crippen LogP contribution in [0.2, 0.25) is 0 Å². The van der Waals surface area contributed by atoms with Crippen LogP contribution >= 0.6 is 24.0 Å². The smallest absolute Gasteiger partial charge is 0.190 e. The number of halogens is 1. The van der Waals surface area contributed by atoms with E-state index in [0.717, 1.165) is 31.0 Å². The molecule has 1 heterocycles. The summed E-state index contributed by atoms with van der Waals surface area (Å²) in [6, 6.07) is 7.26. The number of ether oxygens (including phenoxy) is 1. The van der Waals surface area contributed by atoms with Gasteiger partial charge in [-0.3, -0.25) is 9.67 Å². The number of aliphatic imine (C=N–C) groups is 1. The molecule has 0 atom stereocenters. The van der Waals surface area contributed by atoms with Crippen LogP contribution in [0.25, 0.3) is 0 Å². The minimum absolute atomic E-state index is 0. The number of hydrogen-bond donors (Lipinski definition) is 3. The van der Waals surface area contributed by atoms with E-state index in [1.165, 1.54) is 0 Å². The van der Waals surface area contributed by atoms with Crippen LogP contribution in [-0.2, 0) is 13.0 Å². The number of methoxy groups -OCH3 is 1. The number of phenolic OH excluding ortho intramolecular Hbond substituents is 1. The van der Waals surface area contributed by atoms with Gasteiger partial charge in [-0.25, -0.2) is 0 Å². The van der Waals surface area contributed by atoms with Crippen molar-refractivity contribution < 1.29 is 9.84 Å². The Morgan fingerprint density at radius 3 is 2.76 bits per heavy atom. The number of phenols is 1. The Balaban J connectivity index is 0.00000312. The van der Waals surface area contributed by atoms with E-state index in [-0.39, 0.29) is 29.7 Å². The SMILES string of the molecule is CN=C(NCCCn1cccn1)NCCc1ccc(OC)cc1O.I. The molecule has 8 heteroatoms. The molecule has 0 radical (unpaired) electrons. The van der Waals surface area contributed by atoms with Gasteiger partial charge in [0, 0.05) is 45.1 Å². The molecule has 0 fully saturated rings. The topological polar surface area (TPSA) is 83.7 Å². The maximum Gasteiger partial charge on any atom is 0.190 e. The number of hydrogen-bond acceptors (Lipinski definition) is 4. The standard InChI is InChI=1S/C17H25N5O2.HI/c1-18-17(19-8-3-11-22-12-4-9-21-22)20-10-7-14-5-6-15(24-2)13-16(14)23;/h4-6,9,12-13,23H,3,7-8,10-11H2,1-2H3,(H2,18,19,20);1H. The number of benzene rings is 1. The number of guanidine groups is 1. The van der Waals surface area contributed by atoms with Gasteiger partial charge in [0.15, 0.2) is 5.96 Å². The van der Waals surface area contributed by atoms with Crippen molar-refractivity contribution in [3.8, 4) is 11.5 Å². The van der Waals surface area contributed by atoms with Gasteiger partial charge in [0.05, 0.1) is 7.11 Å². The highest BCUT2D eigenvalue weighted by atomic mass is 127. The van der Waals surface area contributed by atoms with Gasteiger partial charge >= 0.3 is 0 Å². The minimum atomic E-state index is 0. The molecular weight excluding hydrogens is 433 g/mol. The number of nitrogens with zero attached hydrogens (tertiary/aromatic N) is 3. The van der Waals surface area contributed by atoms with E-state index >= 15 is 0 Å². The molecule has 0 aliphatic heterocycles. The van der Waals surface area contributed by atoms with E-state index in [2.05, 4.69) is 20.7 Å². The lowest BCUT2D eigenvalue weighted by Gasteiger charge is -2.12. The Kier molecular flexibility index (Phi) is 9.75. The molecule has 2 rings (SSSR count). The second-order valence-electron chi connectivity index (χ2n) is 5.29. The number of aromatic nitrogens is 2. The van der Waals surface area contributed by atoms with Crippen molar-refractivity contribution in [2.24, 2.45) is 4.99 Å². The summed E-state index contributed by atoms with van der Waals surface area (Å²) < 4.78 is 6.99. The van der Waals surface area contributed by atoms with E-state index in [1.54, 1.807) is 26.4 Å². The zero-order chi connectivity index (χ0) is 17.2. The quantitative estimate of drug-likeness (QED) is 0.244. The summed E-state index contributed by atoms with van der Waals surface area (Å²) in [4.78, 5) is 4.19. The van der Waals surface area contributed by atoms with Crippen LogP contribution in [0.5, 0.6) is 11.5 Å². The predicted molar refractivity (Wildman–Crippen MR) is 110 cm³/mol. The number of nitrogens with one attached hydrogen (secondary N) is 2. The Hall–Kier alpha value is -1.97. The van der Waals surface area contributed by atoms with E-state index in [1.807, 2.05) is 29.1 Å². The van der Waals surface area contributed by atoms with Crippen molar-refractivity contribution in [3.05, 3.63) is 42.2 Å². The van der Waals surface area contributed by atoms with Gasteiger partial charge < -0.3 is 20.5 Å². The summed E-state index contributed by atoms with van der Waals surface area (Å²) in [6.45, 7) is 2.36. The van der Waals surface area contributed by atoms with Gasteiger partial charge in [-0.05, 0) is 30.5 Å². The van der Waals surface area contributed by atoms with Crippen molar-refractivity contribution in [2.45, 2.75) is 19.4 Å². The van der Waals surface area contributed by atoms with Gasteiger partial charge in [-0.1, -0.05) is 6.07 Å². The molecule has 7 nitrogen and oxygen atoms in total. The zero-order valence-corrected chi connectivity index (χ0v) is 16.9. The first-order valence-electron chi connectivity index (χ1n) is 8.00. The van der Waals surface area contributed by atoms with Crippen molar-refractivity contribution in [1.82, 2.24) is 20.4 Å². The Labute approximate surface area is 165 Å². The lowest BCUT2D eigenvalue weighted by Crippen LogP contribution is -2.39. The van der Waals surface area contributed by atoms with Crippen molar-refractivity contribution in [1.29, 1.82) is 0 Å². The molecule has 0 saturated carbocycles. The number of aryl methyl sites for hydroxylation is 1. The third kappa shape index (κ3) is 7.20. The predicted octanol–water partition coefficient (Wildman–Crippen LogP) is 2.01. The Morgan fingerprint density at radius 1 is 1.32 bits per heavy atom. The van der Waals surface area contributed by atoms with Crippen LogP contribution in [0.4, 0.5) is 0 Å². The molecule has 0 aliphatic carbocycles. The molecule has 2 aromatic rings. The van der Waals surface area contributed by atoms with Gasteiger partial charge in [0.25, 0.3) is 0 Å². The van der Waals surface area contributed by atoms with E-state index in [0.29, 0.717) is 18.7 Å². The molecule has 3 N–H and O–H groups in total. The highest BCUT2D eigenvalue weighted by Gasteiger charge is 2.04. The average Bonchev–Trinajstić information content (AvgIpc) is 3.11. The summed E-state index contributed by atoms with van der Waals surface area (Å²) in [5.74, 6) is 1.65. The molecule has 0 saturated heterocycles. The van der Waals surface area contributed by atoms with Gasteiger partial charge in [0.1, 0.15) is 11.5 Å². The normalized spacial score (nSPS) is 10.9. The molecular formula is C17H26IN5O2. The first-order chi connectivity index (χ1) is 11.7. The lowest BCUT2D eigenvalue weighted by atomic mass is 10.1. The summed E-state index contributed by atoms with van der Waals surface area (Å²) in [5.41, 5.74) is 0.873. The van der Waals surface area contributed by atoms with Gasteiger partial charge in [0.2, 0.25) is 0 Å². The van der Waals surface area contributed by atoms with Gasteiger partial charge in [-0.2, -0.15) is 5.10 Å². The van der Waals surface area contributed by atoms with E-state index in [4.69, 9.17) is 4.74 Å². The molecule has 0 aliphatic rings. The second kappa shape index (κ2) is 11.6. The zero-order valence-electron chi connectivity index (χ0n) is 14.6. The van der Waals surface area contributed by atoms with Gasteiger partial charge in [-0.15, -0.1) is 24.0 Å². The molecule has 0 spiro atoms. The van der Waals surface area contributed by atoms with E-state index < -0.39 is 0 Å². The molecule has 0 unspecified atom stereocenters. The fraction of sp³-hybridized carbons (Fsp3) is 0.412. The third-order valence-electron chi connectivity index (χ3n) is 3.62. The van der Waals surface area contributed by atoms with Crippen LogP contribution in [-0.4, -0.2) is 48.1 Å². The van der Waals surface area contributed by atoms with Crippen molar-refractivity contribution in [3.63, 3.8) is 0 Å². The van der Waals surface area contributed by atoms with Crippen LogP contribution in [0.3, 0.4) is 0 Å². The minimum Gasteiger partial charge on any atom is -0.508 e. The fourth-order valence-corrected chi connectivity index (χ4v) is 2.30. The summed E-state index contributed by atoms with van der Waals surface area (Å²) in [7, 11) is 3.33. The first kappa shape index (κ1) is 21.1. The monoisotopic (exact) mass is 459 g/mol. The third-order valence-corrected chi connectivity index (χ3v) is 3.62. The van der Waals surface area contributed by atoms with Crippen LogP contribution < -0.4 is 15.4 Å². The van der Waals surface area contributed by atoms with Crippen molar-refractivity contribution >= 4 is 29.9 Å². The summed E-state index contributed by atoms with van der Waals surface area (Å²) in [6.07, 6.45) is 5.39. The molecule has 0 bridgehead atoms. The maximum absolute atomic E-state index is 9.95. The summed E-state index contributed by atoms with van der Waals surface area (Å²) >= 11 is 0. The molecule has 25 heavy (non-hydrogen) atoms. The lowest BCUT2D eigenvalue weighted by molar-refractivity contribution is 0.406.